The molecule has 5 heteroatoms. The van der Waals surface area contributed by atoms with Crippen molar-refractivity contribution in [2.45, 2.75) is 20.4 Å². The van der Waals surface area contributed by atoms with E-state index in [1.165, 1.54) is 5.69 Å². The maximum absolute atomic E-state index is 4.69. The van der Waals surface area contributed by atoms with Crippen molar-refractivity contribution in [3.05, 3.63) is 95.7 Å². The molecular formula is C26H23N5. The predicted octanol–water partition coefficient (Wildman–Crippen LogP) is 5.22. The van der Waals surface area contributed by atoms with Gasteiger partial charge in [0.1, 0.15) is 6.67 Å². The molecule has 0 bridgehead atoms. The lowest BCUT2D eigenvalue weighted by Crippen LogP contribution is -2.26. The Morgan fingerprint density at radius 1 is 0.839 bits per heavy atom. The lowest BCUT2D eigenvalue weighted by Gasteiger charge is -2.28. The molecule has 5 nitrogen and oxygen atoms in total. The third kappa shape index (κ3) is 4.08. The Hall–Kier alpha value is -3.86. The highest BCUT2D eigenvalue weighted by Crippen LogP contribution is 2.30. The fourth-order valence-corrected chi connectivity index (χ4v) is 3.88. The first-order valence-corrected chi connectivity index (χ1v) is 10.3. The van der Waals surface area contributed by atoms with Gasteiger partial charge in [-0.1, -0.05) is 18.2 Å². The van der Waals surface area contributed by atoms with E-state index in [1.54, 1.807) is 0 Å². The second-order valence-electron chi connectivity index (χ2n) is 7.91. The average molecular weight is 406 g/mol. The summed E-state index contributed by atoms with van der Waals surface area (Å²) in [5, 5.41) is 0. The number of benzene rings is 1. The molecule has 0 fully saturated rings. The summed E-state index contributed by atoms with van der Waals surface area (Å²) in [4.78, 5) is 20.1. The van der Waals surface area contributed by atoms with Crippen LogP contribution < -0.4 is 4.90 Å². The molecule has 1 aliphatic heterocycles. The number of aromatic nitrogens is 3. The fraction of sp³-hybridized carbons (Fsp3) is 0.154. The van der Waals surface area contributed by atoms with Crippen LogP contribution in [-0.2, 0) is 6.54 Å². The van der Waals surface area contributed by atoms with Gasteiger partial charge < -0.3 is 4.90 Å². The normalized spacial score (nSPS) is 12.6. The van der Waals surface area contributed by atoms with E-state index in [1.807, 2.05) is 44.0 Å². The van der Waals surface area contributed by atoms with Crippen molar-refractivity contribution in [1.29, 1.82) is 0 Å². The first-order valence-electron chi connectivity index (χ1n) is 10.3. The number of aryl methyl sites for hydroxylation is 2. The third-order valence-electron chi connectivity index (χ3n) is 5.45. The maximum atomic E-state index is 4.69. The van der Waals surface area contributed by atoms with E-state index in [-0.39, 0.29) is 0 Å². The molecule has 1 aliphatic rings. The molecule has 0 saturated carbocycles. The van der Waals surface area contributed by atoms with Gasteiger partial charge in [-0.25, -0.2) is 0 Å². The highest BCUT2D eigenvalue weighted by atomic mass is 15.2. The molecule has 0 saturated heterocycles. The van der Waals surface area contributed by atoms with Gasteiger partial charge >= 0.3 is 0 Å². The number of nitrogens with zero attached hydrogens (tertiary/aromatic N) is 5. The van der Waals surface area contributed by atoms with Gasteiger partial charge in [0.05, 0.1) is 5.69 Å². The molecular weight excluding hydrogens is 382 g/mol. The molecule has 0 unspecified atom stereocenters. The number of aliphatic imine (C=N–C) groups is 1. The zero-order valence-electron chi connectivity index (χ0n) is 17.7. The Kier molecular flexibility index (Phi) is 5.00. The molecule has 4 heterocycles. The minimum absolute atomic E-state index is 0.633. The van der Waals surface area contributed by atoms with Gasteiger partial charge in [-0.15, -0.1) is 0 Å². The second kappa shape index (κ2) is 8.11. The molecule has 5 rings (SSSR count). The van der Waals surface area contributed by atoms with Gasteiger partial charge in [0.2, 0.25) is 0 Å². The van der Waals surface area contributed by atoms with E-state index in [9.17, 15) is 0 Å². The van der Waals surface area contributed by atoms with Crippen LogP contribution in [0.5, 0.6) is 0 Å². The van der Waals surface area contributed by atoms with Crippen LogP contribution in [0.3, 0.4) is 0 Å². The molecule has 0 N–H and O–H groups in total. The largest absolute Gasteiger partial charge is 0.347 e. The molecule has 3 aromatic heterocycles. The van der Waals surface area contributed by atoms with Crippen LogP contribution in [-0.4, -0.2) is 27.8 Å². The van der Waals surface area contributed by atoms with Gasteiger partial charge in [0.25, 0.3) is 0 Å². The second-order valence-corrected chi connectivity index (χ2v) is 7.91. The van der Waals surface area contributed by atoms with Gasteiger partial charge in [-0.05, 0) is 60.9 Å². The zero-order chi connectivity index (χ0) is 21.2. The van der Waals surface area contributed by atoms with E-state index in [0.29, 0.717) is 6.67 Å². The van der Waals surface area contributed by atoms with E-state index in [4.69, 9.17) is 0 Å². The van der Waals surface area contributed by atoms with Crippen LogP contribution in [0.25, 0.3) is 22.4 Å². The Morgan fingerprint density at radius 2 is 1.77 bits per heavy atom. The number of pyridine rings is 3. The molecule has 0 radical (unpaired) electrons. The molecule has 1 aromatic carbocycles. The maximum Gasteiger partial charge on any atom is 0.110 e. The quantitative estimate of drug-likeness (QED) is 0.467. The molecule has 0 amide bonds. The number of hydrogen-bond acceptors (Lipinski definition) is 5. The number of hydrogen-bond donors (Lipinski definition) is 0. The summed E-state index contributed by atoms with van der Waals surface area (Å²) >= 11 is 0. The number of rotatable bonds is 4. The van der Waals surface area contributed by atoms with Gasteiger partial charge in [0.15, 0.2) is 0 Å². The summed E-state index contributed by atoms with van der Waals surface area (Å²) in [6.07, 6.45) is 9.53. The van der Waals surface area contributed by atoms with Crippen LogP contribution in [0.15, 0.2) is 78.3 Å². The molecule has 31 heavy (non-hydrogen) atoms. The smallest absolute Gasteiger partial charge is 0.110 e. The lowest BCUT2D eigenvalue weighted by molar-refractivity contribution is 0.803. The fourth-order valence-electron chi connectivity index (χ4n) is 3.88. The first kappa shape index (κ1) is 19.1. The zero-order valence-corrected chi connectivity index (χ0v) is 17.7. The van der Waals surface area contributed by atoms with Crippen molar-refractivity contribution >= 4 is 11.9 Å². The summed E-state index contributed by atoms with van der Waals surface area (Å²) in [6.45, 7) is 5.45. The Balaban J connectivity index is 1.41. The Bertz CT molecular complexity index is 1260. The Labute approximate surface area is 182 Å². The van der Waals surface area contributed by atoms with E-state index in [0.717, 1.165) is 51.3 Å². The highest BCUT2D eigenvalue weighted by Gasteiger charge is 2.16. The molecule has 4 aromatic rings. The minimum Gasteiger partial charge on any atom is -0.347 e. The number of anilines is 1. The van der Waals surface area contributed by atoms with Crippen LogP contribution in [0.4, 0.5) is 5.69 Å². The van der Waals surface area contributed by atoms with Crippen LogP contribution in [0.1, 0.15) is 22.4 Å². The Morgan fingerprint density at radius 3 is 2.58 bits per heavy atom. The summed E-state index contributed by atoms with van der Waals surface area (Å²) in [5.74, 6) is 0. The van der Waals surface area contributed by atoms with Crippen molar-refractivity contribution < 1.29 is 0 Å². The minimum atomic E-state index is 0.633. The van der Waals surface area contributed by atoms with Crippen LogP contribution >= 0.6 is 0 Å². The van der Waals surface area contributed by atoms with E-state index < -0.39 is 0 Å². The monoisotopic (exact) mass is 405 g/mol. The SMILES string of the molecule is Cc1cncc(-c2ccc3c(c2)N(Cc2ccc(-c4ccnc(C)c4)nc2)CN=C3)c1. The molecule has 152 valence electrons. The summed E-state index contributed by atoms with van der Waals surface area (Å²) in [5.41, 5.74) is 9.95. The predicted molar refractivity (Wildman–Crippen MR) is 125 cm³/mol. The molecule has 0 spiro atoms. The van der Waals surface area contributed by atoms with Crippen molar-refractivity contribution in [3.63, 3.8) is 0 Å². The highest BCUT2D eigenvalue weighted by molar-refractivity contribution is 5.91. The van der Waals surface area contributed by atoms with Crippen LogP contribution in [0.2, 0.25) is 0 Å². The first-order chi connectivity index (χ1) is 15.2. The van der Waals surface area contributed by atoms with E-state index >= 15 is 0 Å². The lowest BCUT2D eigenvalue weighted by atomic mass is 10.0. The van der Waals surface area contributed by atoms with Crippen molar-refractivity contribution in [2.24, 2.45) is 4.99 Å². The molecule has 0 atom stereocenters. The van der Waals surface area contributed by atoms with E-state index in [2.05, 4.69) is 74.2 Å². The van der Waals surface area contributed by atoms with Gasteiger partial charge in [0, 0.05) is 65.6 Å². The average Bonchev–Trinajstić information content (AvgIpc) is 2.79. The van der Waals surface area contributed by atoms with Gasteiger partial charge in [-0.2, -0.15) is 0 Å². The summed E-state index contributed by atoms with van der Waals surface area (Å²) in [7, 11) is 0. The topological polar surface area (TPSA) is 54.3 Å². The van der Waals surface area contributed by atoms with Gasteiger partial charge in [-0.3, -0.25) is 19.9 Å². The molecule has 0 aliphatic carbocycles. The van der Waals surface area contributed by atoms with Crippen LogP contribution in [0, 0.1) is 13.8 Å². The van der Waals surface area contributed by atoms with Crippen molar-refractivity contribution in [1.82, 2.24) is 15.0 Å². The van der Waals surface area contributed by atoms with Crippen molar-refractivity contribution in [3.8, 4) is 22.4 Å². The summed E-state index contributed by atoms with van der Waals surface area (Å²) < 4.78 is 0. The number of fused-ring (bicyclic) bond motifs is 1. The standard InChI is InChI=1S/C26H23N5/c1-18-9-24(15-27-12-18)21-4-5-23-14-28-17-31(26(23)11-21)16-20-3-6-25(30-13-20)22-7-8-29-19(2)10-22/h3-15H,16-17H2,1-2H3. The summed E-state index contributed by atoms with van der Waals surface area (Å²) in [6, 6.07) is 16.9. The van der Waals surface area contributed by atoms with Crippen molar-refractivity contribution in [2.75, 3.05) is 11.6 Å². The third-order valence-corrected chi connectivity index (χ3v) is 5.45.